The highest BCUT2D eigenvalue weighted by Gasteiger charge is 2.11. The Morgan fingerprint density at radius 1 is 1.35 bits per heavy atom. The zero-order chi connectivity index (χ0) is 12.6. The molecule has 1 aromatic carbocycles. The number of benzene rings is 1. The van der Waals surface area contributed by atoms with E-state index in [1.54, 1.807) is 11.8 Å². The van der Waals surface area contributed by atoms with Crippen molar-refractivity contribution >= 4 is 21.7 Å². The number of halogens is 1. The van der Waals surface area contributed by atoms with Crippen molar-refractivity contribution in [3.8, 4) is 17.0 Å². The van der Waals surface area contributed by atoms with Crippen LogP contribution < -0.4 is 10.5 Å². The molecule has 2 rings (SSSR count). The lowest BCUT2D eigenvalue weighted by Crippen LogP contribution is -1.96. The number of hydrogen-bond acceptors (Lipinski definition) is 3. The molecule has 2 N–H and O–H groups in total. The van der Waals surface area contributed by atoms with Crippen LogP contribution in [0.1, 0.15) is 5.56 Å². The smallest absolute Gasteiger partial charge is 0.122 e. The molecule has 17 heavy (non-hydrogen) atoms. The summed E-state index contributed by atoms with van der Waals surface area (Å²) in [6.45, 7) is 2.00. The predicted octanol–water partition coefficient (Wildman–Crippen LogP) is 2.75. The predicted molar refractivity (Wildman–Crippen MR) is 72.0 cm³/mol. The third kappa shape index (κ3) is 2.15. The van der Waals surface area contributed by atoms with Crippen LogP contribution in [0.25, 0.3) is 11.3 Å². The molecule has 0 atom stereocenters. The normalized spacial score (nSPS) is 10.6. The van der Waals surface area contributed by atoms with Crippen LogP contribution in [-0.2, 0) is 7.05 Å². The molecule has 0 aliphatic carbocycles. The molecular formula is C12H14BrN3O. The second-order valence-electron chi connectivity index (χ2n) is 3.88. The first kappa shape index (κ1) is 12.0. The highest BCUT2D eigenvalue weighted by atomic mass is 79.9. The molecule has 0 bridgehead atoms. The highest BCUT2D eigenvalue weighted by molar-refractivity contribution is 9.10. The van der Waals surface area contributed by atoms with Gasteiger partial charge in [-0.05, 0) is 24.6 Å². The number of nitrogen functional groups attached to an aromatic ring is 1. The van der Waals surface area contributed by atoms with Crippen LogP contribution in [-0.4, -0.2) is 16.9 Å². The van der Waals surface area contributed by atoms with Gasteiger partial charge >= 0.3 is 0 Å². The van der Waals surface area contributed by atoms with Gasteiger partial charge in [0.15, 0.2) is 0 Å². The summed E-state index contributed by atoms with van der Waals surface area (Å²) >= 11 is 3.54. The Bertz CT molecular complexity index is 544. The Hall–Kier alpha value is -1.49. The van der Waals surface area contributed by atoms with Crippen molar-refractivity contribution in [2.45, 2.75) is 6.92 Å². The van der Waals surface area contributed by atoms with Crippen molar-refractivity contribution in [1.29, 1.82) is 0 Å². The average Bonchev–Trinajstić information content (AvgIpc) is 2.59. The van der Waals surface area contributed by atoms with Crippen molar-refractivity contribution in [3.63, 3.8) is 0 Å². The van der Waals surface area contributed by atoms with Crippen LogP contribution in [0.2, 0.25) is 0 Å². The number of ether oxygens (including phenoxy) is 1. The van der Waals surface area contributed by atoms with Crippen LogP contribution >= 0.6 is 15.9 Å². The van der Waals surface area contributed by atoms with Crippen molar-refractivity contribution < 1.29 is 4.74 Å². The van der Waals surface area contributed by atoms with E-state index < -0.39 is 0 Å². The summed E-state index contributed by atoms with van der Waals surface area (Å²) in [6.07, 6.45) is 0. The quantitative estimate of drug-likeness (QED) is 0.927. The van der Waals surface area contributed by atoms with E-state index in [-0.39, 0.29) is 0 Å². The number of nitrogens with two attached hydrogens (primary N) is 1. The summed E-state index contributed by atoms with van der Waals surface area (Å²) in [4.78, 5) is 0. The van der Waals surface area contributed by atoms with E-state index in [1.165, 1.54) is 0 Å². The van der Waals surface area contributed by atoms with E-state index in [9.17, 15) is 0 Å². The van der Waals surface area contributed by atoms with Gasteiger partial charge in [0.05, 0.1) is 12.8 Å². The van der Waals surface area contributed by atoms with E-state index in [4.69, 9.17) is 10.5 Å². The van der Waals surface area contributed by atoms with Crippen LogP contribution in [0.15, 0.2) is 22.7 Å². The average molecular weight is 296 g/mol. The number of methoxy groups -OCH3 is 1. The summed E-state index contributed by atoms with van der Waals surface area (Å²) < 4.78 is 7.94. The Labute approximate surface area is 109 Å². The van der Waals surface area contributed by atoms with Crippen LogP contribution in [0.3, 0.4) is 0 Å². The molecule has 4 nitrogen and oxygen atoms in total. The molecule has 90 valence electrons. The van der Waals surface area contributed by atoms with Crippen LogP contribution in [0, 0.1) is 6.92 Å². The third-order valence-electron chi connectivity index (χ3n) is 2.68. The van der Waals surface area contributed by atoms with Gasteiger partial charge in [-0.25, -0.2) is 0 Å². The van der Waals surface area contributed by atoms with Crippen molar-refractivity contribution in [3.05, 3.63) is 28.2 Å². The minimum atomic E-state index is 0.631. The number of anilines is 1. The second kappa shape index (κ2) is 4.41. The molecule has 0 saturated carbocycles. The first-order valence-electron chi connectivity index (χ1n) is 5.17. The van der Waals surface area contributed by atoms with Crippen LogP contribution in [0.5, 0.6) is 5.75 Å². The van der Waals surface area contributed by atoms with E-state index in [0.29, 0.717) is 5.82 Å². The number of aromatic nitrogens is 2. The van der Waals surface area contributed by atoms with E-state index in [0.717, 1.165) is 27.0 Å². The molecule has 1 heterocycles. The summed E-state index contributed by atoms with van der Waals surface area (Å²) in [5, 5.41) is 4.35. The second-order valence-corrected chi connectivity index (χ2v) is 4.73. The summed E-state index contributed by atoms with van der Waals surface area (Å²) in [5.41, 5.74) is 8.66. The Kier molecular flexibility index (Phi) is 3.11. The molecule has 1 aromatic heterocycles. The molecule has 0 saturated heterocycles. The lowest BCUT2D eigenvalue weighted by Gasteiger charge is -2.08. The summed E-state index contributed by atoms with van der Waals surface area (Å²) in [5.74, 6) is 1.47. The van der Waals surface area contributed by atoms with Crippen molar-refractivity contribution in [2.24, 2.45) is 7.05 Å². The summed E-state index contributed by atoms with van der Waals surface area (Å²) in [6, 6.07) is 5.81. The molecule has 0 fully saturated rings. The van der Waals surface area contributed by atoms with Gasteiger partial charge in [0, 0.05) is 23.2 Å². The van der Waals surface area contributed by atoms with Crippen molar-refractivity contribution in [1.82, 2.24) is 9.78 Å². The maximum atomic E-state index is 5.78. The van der Waals surface area contributed by atoms with Gasteiger partial charge in [0.25, 0.3) is 0 Å². The topological polar surface area (TPSA) is 53.1 Å². The van der Waals surface area contributed by atoms with Gasteiger partial charge in [-0.3, -0.25) is 4.68 Å². The van der Waals surface area contributed by atoms with E-state index in [1.807, 2.05) is 32.2 Å². The zero-order valence-electron chi connectivity index (χ0n) is 9.99. The highest BCUT2D eigenvalue weighted by Crippen LogP contribution is 2.34. The fourth-order valence-electron chi connectivity index (χ4n) is 1.68. The SMILES string of the molecule is COc1cc(-c2cc(N)n(C)n2)c(Br)cc1C. The van der Waals surface area contributed by atoms with E-state index in [2.05, 4.69) is 21.0 Å². The monoisotopic (exact) mass is 295 g/mol. The minimum absolute atomic E-state index is 0.631. The maximum Gasteiger partial charge on any atom is 0.122 e. The molecule has 5 heteroatoms. The minimum Gasteiger partial charge on any atom is -0.496 e. The first-order chi connectivity index (χ1) is 8.02. The number of hydrogen-bond donors (Lipinski definition) is 1. The number of rotatable bonds is 2. The molecule has 0 aliphatic rings. The Balaban J connectivity index is 2.58. The standard InChI is InChI=1S/C12H14BrN3O/c1-7-4-9(13)8(5-11(7)17-3)10-6-12(14)16(2)15-10/h4-6H,14H2,1-3H3. The largest absolute Gasteiger partial charge is 0.496 e. The van der Waals surface area contributed by atoms with Gasteiger partial charge in [-0.1, -0.05) is 15.9 Å². The van der Waals surface area contributed by atoms with Crippen LogP contribution in [0.4, 0.5) is 5.82 Å². The molecule has 2 aromatic rings. The molecule has 0 spiro atoms. The third-order valence-corrected chi connectivity index (χ3v) is 3.33. The fraction of sp³-hybridized carbons (Fsp3) is 0.250. The Morgan fingerprint density at radius 2 is 2.06 bits per heavy atom. The zero-order valence-corrected chi connectivity index (χ0v) is 11.6. The van der Waals surface area contributed by atoms with Gasteiger partial charge in [-0.2, -0.15) is 5.10 Å². The lowest BCUT2D eigenvalue weighted by molar-refractivity contribution is 0.412. The van der Waals surface area contributed by atoms with E-state index >= 15 is 0 Å². The molecule has 0 amide bonds. The molecular weight excluding hydrogens is 282 g/mol. The first-order valence-corrected chi connectivity index (χ1v) is 5.96. The molecule has 0 unspecified atom stereocenters. The maximum absolute atomic E-state index is 5.78. The lowest BCUT2D eigenvalue weighted by atomic mass is 10.1. The van der Waals surface area contributed by atoms with Gasteiger partial charge in [0.1, 0.15) is 11.6 Å². The van der Waals surface area contributed by atoms with Gasteiger partial charge < -0.3 is 10.5 Å². The number of nitrogens with zero attached hydrogens (tertiary/aromatic N) is 2. The fourth-order valence-corrected chi connectivity index (χ4v) is 2.34. The Morgan fingerprint density at radius 3 is 2.59 bits per heavy atom. The number of aryl methyl sites for hydroxylation is 2. The van der Waals surface area contributed by atoms with Crippen molar-refractivity contribution in [2.75, 3.05) is 12.8 Å². The van der Waals surface area contributed by atoms with Gasteiger partial charge in [-0.15, -0.1) is 0 Å². The molecule has 0 aliphatic heterocycles. The van der Waals surface area contributed by atoms with Gasteiger partial charge in [0.2, 0.25) is 0 Å². The summed E-state index contributed by atoms with van der Waals surface area (Å²) in [7, 11) is 3.48. The molecule has 0 radical (unpaired) electrons.